The number of aliphatic carboxylic acids is 1. The smallest absolute Gasteiger partial charge is 0.330 e. The Bertz CT molecular complexity index is 388. The van der Waals surface area contributed by atoms with Gasteiger partial charge in [0.15, 0.2) is 0 Å². The van der Waals surface area contributed by atoms with Gasteiger partial charge >= 0.3 is 11.9 Å². The minimum atomic E-state index is -0.981. The molecule has 0 heterocycles. The van der Waals surface area contributed by atoms with Crippen LogP contribution in [0.15, 0.2) is 25.3 Å². The zero-order valence-corrected chi connectivity index (χ0v) is 18.4. The van der Waals surface area contributed by atoms with Gasteiger partial charge in [-0.3, -0.25) is 0 Å². The molecule has 0 aliphatic rings. The lowest BCUT2D eigenvalue weighted by Gasteiger charge is -2.05. The Labute approximate surface area is 173 Å². The van der Waals surface area contributed by atoms with Crippen molar-refractivity contribution >= 4 is 11.9 Å². The first-order chi connectivity index (χ1) is 13.4. The third-order valence-electron chi connectivity index (χ3n) is 4.51. The van der Waals surface area contributed by atoms with Gasteiger partial charge in [-0.1, -0.05) is 110 Å². The van der Waals surface area contributed by atoms with E-state index in [1.54, 1.807) is 0 Å². The van der Waals surface area contributed by atoms with Crippen molar-refractivity contribution in [3.05, 3.63) is 25.3 Å². The topological polar surface area (TPSA) is 63.6 Å². The molecule has 0 spiro atoms. The second kappa shape index (κ2) is 23.5. The minimum absolute atomic E-state index is 0.301. The number of rotatable bonds is 18. The van der Waals surface area contributed by atoms with Crippen LogP contribution in [0.4, 0.5) is 0 Å². The summed E-state index contributed by atoms with van der Waals surface area (Å²) in [6.07, 6.45) is 20.9. The number of hydrogen-bond donors (Lipinski definition) is 1. The molecule has 0 aromatic rings. The lowest BCUT2D eigenvalue weighted by atomic mass is 10.0. The van der Waals surface area contributed by atoms with E-state index in [0.717, 1.165) is 18.4 Å². The quantitative estimate of drug-likeness (QED) is 0.153. The molecule has 4 heteroatoms. The molecular weight excluding hydrogens is 352 g/mol. The molecule has 0 aliphatic heterocycles. The molecule has 1 N–H and O–H groups in total. The highest BCUT2D eigenvalue weighted by Crippen LogP contribution is 2.14. The number of esters is 1. The molecule has 0 rings (SSSR count). The van der Waals surface area contributed by atoms with Gasteiger partial charge < -0.3 is 9.84 Å². The summed E-state index contributed by atoms with van der Waals surface area (Å²) in [5.74, 6) is -0.410. The molecule has 0 unspecified atom stereocenters. The van der Waals surface area contributed by atoms with Gasteiger partial charge in [0.2, 0.25) is 0 Å². The fourth-order valence-electron chi connectivity index (χ4n) is 2.83. The Morgan fingerprint density at radius 1 is 0.750 bits per heavy atom. The SMILES string of the molecule is C=CC(=O)O.C=CC(=O)OCCCCCCCCCCCCCCCC(C)C. The maximum absolute atomic E-state index is 10.8. The lowest BCUT2D eigenvalue weighted by molar-refractivity contribution is -0.138. The zero-order chi connectivity index (χ0) is 21.5. The van der Waals surface area contributed by atoms with Crippen molar-refractivity contribution in [3.8, 4) is 0 Å². The van der Waals surface area contributed by atoms with Crippen LogP contribution in [0.1, 0.15) is 104 Å². The Morgan fingerprint density at radius 3 is 1.43 bits per heavy atom. The van der Waals surface area contributed by atoms with Crippen molar-refractivity contribution in [2.75, 3.05) is 6.61 Å². The molecule has 0 fully saturated rings. The zero-order valence-electron chi connectivity index (χ0n) is 18.4. The molecule has 164 valence electrons. The van der Waals surface area contributed by atoms with E-state index in [1.165, 1.54) is 89.5 Å². The van der Waals surface area contributed by atoms with Gasteiger partial charge in [-0.25, -0.2) is 9.59 Å². The molecule has 0 radical (unpaired) electrons. The van der Waals surface area contributed by atoms with Gasteiger partial charge in [-0.15, -0.1) is 0 Å². The second-order valence-corrected chi connectivity index (χ2v) is 7.69. The second-order valence-electron chi connectivity index (χ2n) is 7.69. The van der Waals surface area contributed by atoms with Gasteiger partial charge in [0, 0.05) is 12.2 Å². The van der Waals surface area contributed by atoms with Crippen LogP contribution in [0.3, 0.4) is 0 Å². The average Bonchev–Trinajstić information content (AvgIpc) is 2.67. The third kappa shape index (κ3) is 29.2. The van der Waals surface area contributed by atoms with Crippen LogP contribution in [0.5, 0.6) is 0 Å². The number of carboxylic acid groups (broad SMARTS) is 1. The molecule has 0 bridgehead atoms. The van der Waals surface area contributed by atoms with Crippen LogP contribution < -0.4 is 0 Å². The number of ether oxygens (including phenoxy) is 1. The van der Waals surface area contributed by atoms with Crippen LogP contribution in [-0.2, 0) is 14.3 Å². The molecule has 0 saturated heterocycles. The van der Waals surface area contributed by atoms with E-state index in [-0.39, 0.29) is 5.97 Å². The highest BCUT2D eigenvalue weighted by atomic mass is 16.5. The fraction of sp³-hybridized carbons (Fsp3) is 0.750. The summed E-state index contributed by atoms with van der Waals surface area (Å²) in [4.78, 5) is 20.1. The summed E-state index contributed by atoms with van der Waals surface area (Å²) in [6.45, 7) is 11.5. The summed E-state index contributed by atoms with van der Waals surface area (Å²) >= 11 is 0. The molecule has 0 atom stereocenters. The summed E-state index contributed by atoms with van der Waals surface area (Å²) in [5, 5.41) is 7.60. The molecule has 4 nitrogen and oxygen atoms in total. The van der Waals surface area contributed by atoms with Crippen molar-refractivity contribution in [2.24, 2.45) is 5.92 Å². The van der Waals surface area contributed by atoms with Gasteiger partial charge in [0.1, 0.15) is 0 Å². The predicted octanol–water partition coefficient (Wildman–Crippen LogP) is 7.09. The molecule has 0 aliphatic carbocycles. The van der Waals surface area contributed by atoms with Crippen LogP contribution >= 0.6 is 0 Å². The van der Waals surface area contributed by atoms with Crippen molar-refractivity contribution in [1.29, 1.82) is 0 Å². The van der Waals surface area contributed by atoms with E-state index in [0.29, 0.717) is 6.61 Å². The molecule has 0 aromatic carbocycles. The van der Waals surface area contributed by atoms with Gasteiger partial charge in [0.05, 0.1) is 6.61 Å². The standard InChI is InChI=1S/C21H40O2.C3H4O2/c1-4-21(22)23-19-17-15-13-11-9-7-5-6-8-10-12-14-16-18-20(2)3;1-2-3(4)5/h4,20H,1,5-19H2,2-3H3;2H,1H2,(H,4,5). The Kier molecular flexibility index (Phi) is 24.0. The van der Waals surface area contributed by atoms with E-state index >= 15 is 0 Å². The van der Waals surface area contributed by atoms with Crippen LogP contribution in [0.25, 0.3) is 0 Å². The normalized spacial score (nSPS) is 10.1. The molecule has 0 saturated carbocycles. The lowest BCUT2D eigenvalue weighted by Crippen LogP contribution is -2.01. The number of carbonyl (C=O) groups is 2. The number of carboxylic acids is 1. The van der Waals surface area contributed by atoms with E-state index in [4.69, 9.17) is 9.84 Å². The first-order valence-corrected chi connectivity index (χ1v) is 11.1. The Morgan fingerprint density at radius 2 is 1.11 bits per heavy atom. The van der Waals surface area contributed by atoms with Crippen molar-refractivity contribution in [1.82, 2.24) is 0 Å². The van der Waals surface area contributed by atoms with E-state index in [1.807, 2.05) is 0 Å². The highest BCUT2D eigenvalue weighted by Gasteiger charge is 1.97. The van der Waals surface area contributed by atoms with Gasteiger partial charge in [0.25, 0.3) is 0 Å². The monoisotopic (exact) mass is 396 g/mol. The highest BCUT2D eigenvalue weighted by molar-refractivity contribution is 5.81. The van der Waals surface area contributed by atoms with Crippen molar-refractivity contribution in [3.63, 3.8) is 0 Å². The molecule has 0 aromatic heterocycles. The molecular formula is C24H44O4. The first-order valence-electron chi connectivity index (χ1n) is 11.1. The summed E-state index contributed by atoms with van der Waals surface area (Å²) in [6, 6.07) is 0. The Balaban J connectivity index is 0. The summed E-state index contributed by atoms with van der Waals surface area (Å²) in [7, 11) is 0. The van der Waals surface area contributed by atoms with Gasteiger partial charge in [-0.2, -0.15) is 0 Å². The van der Waals surface area contributed by atoms with Gasteiger partial charge in [-0.05, 0) is 12.3 Å². The Hall–Kier alpha value is -1.58. The number of carbonyl (C=O) groups excluding carboxylic acids is 1. The number of unbranched alkanes of at least 4 members (excludes halogenated alkanes) is 12. The number of hydrogen-bond acceptors (Lipinski definition) is 3. The van der Waals surface area contributed by atoms with E-state index in [9.17, 15) is 9.59 Å². The van der Waals surface area contributed by atoms with Crippen LogP contribution in [0.2, 0.25) is 0 Å². The molecule has 28 heavy (non-hydrogen) atoms. The first kappa shape index (κ1) is 28.6. The largest absolute Gasteiger partial charge is 0.478 e. The van der Waals surface area contributed by atoms with Crippen LogP contribution in [0, 0.1) is 5.92 Å². The van der Waals surface area contributed by atoms with Crippen molar-refractivity contribution < 1.29 is 19.4 Å². The maximum Gasteiger partial charge on any atom is 0.330 e. The molecule has 0 amide bonds. The average molecular weight is 397 g/mol. The maximum atomic E-state index is 10.8. The fourth-order valence-corrected chi connectivity index (χ4v) is 2.83. The van der Waals surface area contributed by atoms with E-state index < -0.39 is 5.97 Å². The third-order valence-corrected chi connectivity index (χ3v) is 4.51. The summed E-state index contributed by atoms with van der Waals surface area (Å²) < 4.78 is 4.95. The van der Waals surface area contributed by atoms with Crippen LogP contribution in [-0.4, -0.2) is 23.7 Å². The van der Waals surface area contributed by atoms with Crippen molar-refractivity contribution in [2.45, 2.75) is 104 Å². The predicted molar refractivity (Wildman–Crippen MR) is 118 cm³/mol. The summed E-state index contributed by atoms with van der Waals surface area (Å²) in [5.41, 5.74) is 0. The van der Waals surface area contributed by atoms with E-state index in [2.05, 4.69) is 27.0 Å². The minimum Gasteiger partial charge on any atom is -0.478 e.